The zero-order valence-corrected chi connectivity index (χ0v) is 11.6. The van der Waals surface area contributed by atoms with Crippen LogP contribution in [0, 0.1) is 5.41 Å². The van der Waals surface area contributed by atoms with E-state index in [4.69, 9.17) is 0 Å². The lowest BCUT2D eigenvalue weighted by molar-refractivity contribution is 0.247. The van der Waals surface area contributed by atoms with Crippen LogP contribution in [0.1, 0.15) is 20.8 Å². The third-order valence-corrected chi connectivity index (χ3v) is 2.87. The number of nitrogens with one attached hydrogen (secondary N) is 2. The molecule has 0 radical (unpaired) electrons. The third kappa shape index (κ3) is 5.63. The lowest BCUT2D eigenvalue weighted by atomic mass is 9.97. The Morgan fingerprint density at radius 3 is 2.29 bits per heavy atom. The molecule has 1 aromatic rings. The summed E-state index contributed by atoms with van der Waals surface area (Å²) in [5.41, 5.74) is 0.911. The Balaban J connectivity index is 2.45. The highest BCUT2D eigenvalue weighted by Gasteiger charge is 2.11. The van der Waals surface area contributed by atoms with E-state index >= 15 is 0 Å². The predicted octanol–water partition coefficient (Wildman–Crippen LogP) is 3.58. The summed E-state index contributed by atoms with van der Waals surface area (Å²) >= 11 is 1.68. The van der Waals surface area contributed by atoms with Crippen molar-refractivity contribution in [3.63, 3.8) is 0 Å². The van der Waals surface area contributed by atoms with Gasteiger partial charge in [0.1, 0.15) is 0 Å². The molecule has 17 heavy (non-hydrogen) atoms. The number of benzene rings is 1. The van der Waals surface area contributed by atoms with E-state index in [9.17, 15) is 4.79 Å². The molecular formula is C13H20N2OS. The first-order valence-electron chi connectivity index (χ1n) is 5.59. The Labute approximate surface area is 107 Å². The number of anilines is 1. The van der Waals surface area contributed by atoms with Crippen LogP contribution in [0.25, 0.3) is 0 Å². The molecule has 0 aliphatic carbocycles. The van der Waals surface area contributed by atoms with Gasteiger partial charge in [-0.2, -0.15) is 0 Å². The van der Waals surface area contributed by atoms with Gasteiger partial charge < -0.3 is 10.6 Å². The van der Waals surface area contributed by atoms with Crippen molar-refractivity contribution >= 4 is 23.5 Å². The number of hydrogen-bond acceptors (Lipinski definition) is 2. The summed E-state index contributed by atoms with van der Waals surface area (Å²) in [5, 5.41) is 5.65. The van der Waals surface area contributed by atoms with E-state index in [2.05, 4.69) is 31.4 Å². The van der Waals surface area contributed by atoms with Crippen LogP contribution in [0.15, 0.2) is 29.2 Å². The molecule has 0 spiro atoms. The Morgan fingerprint density at radius 2 is 1.82 bits per heavy atom. The normalized spacial score (nSPS) is 11.1. The molecule has 2 N–H and O–H groups in total. The number of rotatable bonds is 3. The van der Waals surface area contributed by atoms with Gasteiger partial charge in [-0.1, -0.05) is 20.8 Å². The standard InChI is InChI=1S/C13H20N2OS/c1-13(2,3)9-14-12(16)15-10-5-7-11(17-4)8-6-10/h5-8H,9H2,1-4H3,(H2,14,15,16). The number of urea groups is 1. The van der Waals surface area contributed by atoms with Gasteiger partial charge in [0.15, 0.2) is 0 Å². The van der Waals surface area contributed by atoms with Gasteiger partial charge >= 0.3 is 6.03 Å². The second-order valence-corrected chi connectivity index (χ2v) is 5.98. The lowest BCUT2D eigenvalue weighted by Gasteiger charge is -2.18. The molecule has 0 saturated carbocycles. The zero-order valence-electron chi connectivity index (χ0n) is 10.8. The van der Waals surface area contributed by atoms with Gasteiger partial charge in [0.25, 0.3) is 0 Å². The Kier molecular flexibility index (Phi) is 4.87. The molecule has 94 valence electrons. The maximum Gasteiger partial charge on any atom is 0.319 e. The molecule has 0 saturated heterocycles. The molecule has 3 nitrogen and oxygen atoms in total. The Hall–Kier alpha value is -1.16. The largest absolute Gasteiger partial charge is 0.337 e. The minimum Gasteiger partial charge on any atom is -0.337 e. The topological polar surface area (TPSA) is 41.1 Å². The zero-order chi connectivity index (χ0) is 12.9. The number of carbonyl (C=O) groups is 1. The maximum atomic E-state index is 11.6. The molecule has 0 aromatic heterocycles. The second-order valence-electron chi connectivity index (χ2n) is 5.10. The maximum absolute atomic E-state index is 11.6. The average molecular weight is 252 g/mol. The van der Waals surface area contributed by atoms with Crippen LogP contribution in [0.5, 0.6) is 0 Å². The van der Waals surface area contributed by atoms with Crippen LogP contribution in [-0.2, 0) is 0 Å². The van der Waals surface area contributed by atoms with E-state index in [1.165, 1.54) is 4.90 Å². The number of hydrogen-bond donors (Lipinski definition) is 2. The van der Waals surface area contributed by atoms with Crippen LogP contribution in [0.3, 0.4) is 0 Å². The molecule has 0 fully saturated rings. The average Bonchev–Trinajstić information content (AvgIpc) is 2.27. The fourth-order valence-corrected chi connectivity index (χ4v) is 1.60. The molecule has 1 rings (SSSR count). The summed E-state index contributed by atoms with van der Waals surface area (Å²) in [5.74, 6) is 0. The number of thioether (sulfide) groups is 1. The molecule has 0 bridgehead atoms. The second kappa shape index (κ2) is 5.96. The molecular weight excluding hydrogens is 232 g/mol. The summed E-state index contributed by atoms with van der Waals surface area (Å²) in [6.45, 7) is 6.91. The van der Waals surface area contributed by atoms with Gasteiger partial charge in [-0.15, -0.1) is 11.8 Å². The first-order chi connectivity index (χ1) is 7.90. The van der Waals surface area contributed by atoms with E-state index in [0.29, 0.717) is 6.54 Å². The van der Waals surface area contributed by atoms with Gasteiger partial charge in [0, 0.05) is 17.1 Å². The third-order valence-electron chi connectivity index (χ3n) is 2.13. The summed E-state index contributed by atoms with van der Waals surface area (Å²) in [6, 6.07) is 7.64. The van der Waals surface area contributed by atoms with Crippen LogP contribution in [0.2, 0.25) is 0 Å². The van der Waals surface area contributed by atoms with Crippen LogP contribution >= 0.6 is 11.8 Å². The highest BCUT2D eigenvalue weighted by molar-refractivity contribution is 7.98. The predicted molar refractivity (Wildman–Crippen MR) is 74.7 cm³/mol. The van der Waals surface area contributed by atoms with Crippen LogP contribution in [-0.4, -0.2) is 18.8 Å². The van der Waals surface area contributed by atoms with Gasteiger partial charge in [-0.3, -0.25) is 0 Å². The van der Waals surface area contributed by atoms with E-state index in [0.717, 1.165) is 5.69 Å². The summed E-state index contributed by atoms with van der Waals surface area (Å²) in [4.78, 5) is 12.8. The molecule has 0 unspecified atom stereocenters. The van der Waals surface area contributed by atoms with Gasteiger partial charge in [-0.05, 0) is 35.9 Å². The minimum absolute atomic E-state index is 0.0973. The Bertz CT molecular complexity index is 368. The van der Waals surface area contributed by atoms with Crippen LogP contribution < -0.4 is 10.6 Å². The molecule has 0 heterocycles. The summed E-state index contributed by atoms with van der Waals surface area (Å²) in [6.07, 6.45) is 2.03. The smallest absolute Gasteiger partial charge is 0.319 e. The fraction of sp³-hybridized carbons (Fsp3) is 0.462. The molecule has 4 heteroatoms. The fourth-order valence-electron chi connectivity index (χ4n) is 1.20. The van der Waals surface area contributed by atoms with E-state index < -0.39 is 0 Å². The van der Waals surface area contributed by atoms with Crippen molar-refractivity contribution in [3.8, 4) is 0 Å². The van der Waals surface area contributed by atoms with Crippen molar-refractivity contribution in [1.29, 1.82) is 0 Å². The van der Waals surface area contributed by atoms with Crippen molar-refractivity contribution in [2.24, 2.45) is 5.41 Å². The lowest BCUT2D eigenvalue weighted by Crippen LogP contribution is -2.35. The van der Waals surface area contributed by atoms with E-state index in [-0.39, 0.29) is 11.4 Å². The van der Waals surface area contributed by atoms with Crippen molar-refractivity contribution in [3.05, 3.63) is 24.3 Å². The molecule has 1 aromatic carbocycles. The molecule has 0 aliphatic heterocycles. The van der Waals surface area contributed by atoms with Gasteiger partial charge in [0.05, 0.1) is 0 Å². The van der Waals surface area contributed by atoms with Crippen molar-refractivity contribution in [2.45, 2.75) is 25.7 Å². The van der Waals surface area contributed by atoms with Crippen molar-refractivity contribution < 1.29 is 4.79 Å². The number of amides is 2. The van der Waals surface area contributed by atoms with Gasteiger partial charge in [-0.25, -0.2) is 4.79 Å². The van der Waals surface area contributed by atoms with Crippen molar-refractivity contribution in [1.82, 2.24) is 5.32 Å². The quantitative estimate of drug-likeness (QED) is 0.807. The molecule has 2 amide bonds. The molecule has 0 atom stereocenters. The first-order valence-corrected chi connectivity index (χ1v) is 6.82. The summed E-state index contributed by atoms with van der Waals surface area (Å²) in [7, 11) is 0. The summed E-state index contributed by atoms with van der Waals surface area (Å²) < 4.78 is 0. The number of carbonyl (C=O) groups excluding carboxylic acids is 1. The monoisotopic (exact) mass is 252 g/mol. The molecule has 0 aliphatic rings. The highest BCUT2D eigenvalue weighted by Crippen LogP contribution is 2.17. The van der Waals surface area contributed by atoms with Crippen LogP contribution in [0.4, 0.5) is 10.5 Å². The SMILES string of the molecule is CSc1ccc(NC(=O)NCC(C)(C)C)cc1. The van der Waals surface area contributed by atoms with Gasteiger partial charge in [0.2, 0.25) is 0 Å². The first kappa shape index (κ1) is 13.9. The van der Waals surface area contributed by atoms with E-state index in [1.54, 1.807) is 11.8 Å². The van der Waals surface area contributed by atoms with E-state index in [1.807, 2.05) is 30.5 Å². The minimum atomic E-state index is -0.156. The van der Waals surface area contributed by atoms with Crippen molar-refractivity contribution in [2.75, 3.05) is 18.1 Å². The highest BCUT2D eigenvalue weighted by atomic mass is 32.2. The Morgan fingerprint density at radius 1 is 1.24 bits per heavy atom.